The van der Waals surface area contributed by atoms with Gasteiger partial charge in [0.2, 0.25) is 0 Å². The van der Waals surface area contributed by atoms with E-state index in [1.54, 1.807) is 7.11 Å². The molecule has 0 spiro atoms. The first kappa shape index (κ1) is 16.7. The standard InChI is InChI=1S/C17H19BrO4/c1-10-13(17(20)22-3)6-7-16(19)14(10)8-11-4-5-12(21-2)9-15(11)18/h4-5,9,13H,6-8H2,1-3H3. The highest BCUT2D eigenvalue weighted by atomic mass is 79.9. The average molecular weight is 367 g/mol. The predicted molar refractivity (Wildman–Crippen MR) is 86.8 cm³/mol. The second-order valence-corrected chi connectivity index (χ2v) is 6.19. The zero-order valence-corrected chi connectivity index (χ0v) is 14.5. The van der Waals surface area contributed by atoms with Gasteiger partial charge < -0.3 is 9.47 Å². The molecular weight excluding hydrogens is 348 g/mol. The van der Waals surface area contributed by atoms with Crippen LogP contribution in [-0.4, -0.2) is 26.0 Å². The second kappa shape index (κ2) is 7.09. The number of benzene rings is 1. The van der Waals surface area contributed by atoms with Crippen LogP contribution in [0.3, 0.4) is 0 Å². The van der Waals surface area contributed by atoms with E-state index < -0.39 is 0 Å². The molecule has 5 heteroatoms. The fourth-order valence-corrected chi connectivity index (χ4v) is 3.23. The summed E-state index contributed by atoms with van der Waals surface area (Å²) in [4.78, 5) is 24.1. The van der Waals surface area contributed by atoms with Crippen LogP contribution in [0, 0.1) is 5.92 Å². The van der Waals surface area contributed by atoms with Crippen LogP contribution in [0.25, 0.3) is 0 Å². The number of ether oxygens (including phenoxy) is 2. The van der Waals surface area contributed by atoms with Gasteiger partial charge in [-0.3, -0.25) is 9.59 Å². The van der Waals surface area contributed by atoms with E-state index in [2.05, 4.69) is 15.9 Å². The zero-order valence-electron chi connectivity index (χ0n) is 12.9. The van der Waals surface area contributed by atoms with Crippen molar-refractivity contribution in [1.29, 1.82) is 0 Å². The van der Waals surface area contributed by atoms with Crippen molar-refractivity contribution in [3.8, 4) is 5.75 Å². The normalized spacial score (nSPS) is 18.4. The Kier molecular flexibility index (Phi) is 5.40. The van der Waals surface area contributed by atoms with Gasteiger partial charge in [0, 0.05) is 17.3 Å². The molecule has 0 aromatic heterocycles. The molecule has 1 atom stereocenters. The van der Waals surface area contributed by atoms with E-state index in [-0.39, 0.29) is 17.7 Å². The molecule has 0 saturated carbocycles. The molecule has 22 heavy (non-hydrogen) atoms. The minimum absolute atomic E-state index is 0.111. The van der Waals surface area contributed by atoms with Gasteiger partial charge in [-0.25, -0.2) is 0 Å². The Labute approximate surface area is 138 Å². The average Bonchev–Trinajstić information content (AvgIpc) is 2.52. The molecule has 0 N–H and O–H groups in total. The molecule has 0 radical (unpaired) electrons. The fraction of sp³-hybridized carbons (Fsp3) is 0.412. The Morgan fingerprint density at radius 1 is 1.36 bits per heavy atom. The fourth-order valence-electron chi connectivity index (χ4n) is 2.74. The summed E-state index contributed by atoms with van der Waals surface area (Å²) >= 11 is 3.51. The van der Waals surface area contributed by atoms with Crippen LogP contribution in [0.15, 0.2) is 33.8 Å². The molecule has 1 aliphatic rings. The number of hydrogen-bond acceptors (Lipinski definition) is 4. The number of methoxy groups -OCH3 is 2. The molecule has 0 aliphatic heterocycles. The molecular formula is C17H19BrO4. The molecule has 4 nitrogen and oxygen atoms in total. The third-order valence-electron chi connectivity index (χ3n) is 4.11. The number of carbonyl (C=O) groups is 2. The molecule has 0 saturated heterocycles. The topological polar surface area (TPSA) is 52.6 Å². The first-order valence-electron chi connectivity index (χ1n) is 7.11. The third-order valence-corrected chi connectivity index (χ3v) is 4.85. The summed E-state index contributed by atoms with van der Waals surface area (Å²) in [6, 6.07) is 5.66. The highest BCUT2D eigenvalue weighted by Crippen LogP contribution is 2.33. The van der Waals surface area contributed by atoms with Gasteiger partial charge >= 0.3 is 5.97 Å². The number of rotatable bonds is 4. The molecule has 1 unspecified atom stereocenters. The van der Waals surface area contributed by atoms with E-state index in [4.69, 9.17) is 9.47 Å². The molecule has 0 bridgehead atoms. The largest absolute Gasteiger partial charge is 0.497 e. The highest BCUT2D eigenvalue weighted by Gasteiger charge is 2.31. The maximum atomic E-state index is 12.2. The number of ketones is 1. The third kappa shape index (κ3) is 3.40. The van der Waals surface area contributed by atoms with E-state index in [1.165, 1.54) is 7.11 Å². The molecule has 1 aromatic rings. The highest BCUT2D eigenvalue weighted by molar-refractivity contribution is 9.10. The van der Waals surface area contributed by atoms with Gasteiger partial charge in [0.05, 0.1) is 20.1 Å². The predicted octanol–water partition coefficient (Wildman–Crippen LogP) is 3.47. The molecule has 0 fully saturated rings. The summed E-state index contributed by atoms with van der Waals surface area (Å²) in [6.07, 6.45) is 1.42. The van der Waals surface area contributed by atoms with Crippen LogP contribution in [0.1, 0.15) is 25.3 Å². The molecule has 118 valence electrons. The van der Waals surface area contributed by atoms with Gasteiger partial charge in [-0.1, -0.05) is 27.6 Å². The maximum Gasteiger partial charge on any atom is 0.312 e. The van der Waals surface area contributed by atoms with E-state index in [0.29, 0.717) is 24.8 Å². The van der Waals surface area contributed by atoms with Crippen LogP contribution < -0.4 is 4.74 Å². The Hall–Kier alpha value is -1.62. The van der Waals surface area contributed by atoms with Crippen LogP contribution in [0.4, 0.5) is 0 Å². The first-order valence-corrected chi connectivity index (χ1v) is 7.90. The van der Waals surface area contributed by atoms with Crippen LogP contribution in [0.5, 0.6) is 5.75 Å². The minimum atomic E-state index is -0.310. The summed E-state index contributed by atoms with van der Waals surface area (Å²) in [7, 11) is 2.99. The Morgan fingerprint density at radius 3 is 2.68 bits per heavy atom. The van der Waals surface area contributed by atoms with Crippen LogP contribution in [-0.2, 0) is 20.7 Å². The van der Waals surface area contributed by atoms with Gasteiger partial charge in [0.25, 0.3) is 0 Å². The lowest BCUT2D eigenvalue weighted by Gasteiger charge is -2.24. The smallest absolute Gasteiger partial charge is 0.312 e. The molecule has 2 rings (SSSR count). The number of esters is 1. The van der Waals surface area contributed by atoms with Crippen molar-refractivity contribution in [2.75, 3.05) is 14.2 Å². The van der Waals surface area contributed by atoms with Crippen molar-refractivity contribution < 1.29 is 19.1 Å². The molecule has 1 aliphatic carbocycles. The van der Waals surface area contributed by atoms with Gasteiger partial charge in [-0.2, -0.15) is 0 Å². The van der Waals surface area contributed by atoms with E-state index in [9.17, 15) is 9.59 Å². The van der Waals surface area contributed by atoms with Gasteiger partial charge in [-0.05, 0) is 36.6 Å². The van der Waals surface area contributed by atoms with Gasteiger partial charge in [0.1, 0.15) is 5.75 Å². The van der Waals surface area contributed by atoms with Crippen molar-refractivity contribution in [3.63, 3.8) is 0 Å². The van der Waals surface area contributed by atoms with Crippen molar-refractivity contribution in [2.24, 2.45) is 5.92 Å². The zero-order chi connectivity index (χ0) is 16.3. The number of halogens is 1. The summed E-state index contributed by atoms with van der Waals surface area (Å²) in [5.74, 6) is 0.287. The van der Waals surface area contributed by atoms with E-state index >= 15 is 0 Å². The van der Waals surface area contributed by atoms with Gasteiger partial charge in [-0.15, -0.1) is 0 Å². The van der Waals surface area contributed by atoms with Crippen LogP contribution >= 0.6 is 15.9 Å². The van der Waals surface area contributed by atoms with Crippen molar-refractivity contribution in [1.82, 2.24) is 0 Å². The van der Waals surface area contributed by atoms with E-state index in [1.807, 2.05) is 25.1 Å². The van der Waals surface area contributed by atoms with Crippen LogP contribution in [0.2, 0.25) is 0 Å². The summed E-state index contributed by atoms with van der Waals surface area (Å²) in [5.41, 5.74) is 2.53. The summed E-state index contributed by atoms with van der Waals surface area (Å²) < 4.78 is 10.9. The molecule has 0 amide bonds. The maximum absolute atomic E-state index is 12.2. The first-order chi connectivity index (χ1) is 10.5. The van der Waals surface area contributed by atoms with Crippen molar-refractivity contribution in [2.45, 2.75) is 26.2 Å². The lowest BCUT2D eigenvalue weighted by Crippen LogP contribution is -2.26. The Bertz CT molecular complexity index is 634. The van der Waals surface area contributed by atoms with Gasteiger partial charge in [0.15, 0.2) is 5.78 Å². The molecule has 1 aromatic carbocycles. The quantitative estimate of drug-likeness (QED) is 0.765. The molecule has 0 heterocycles. The summed E-state index contributed by atoms with van der Waals surface area (Å²) in [6.45, 7) is 1.85. The lowest BCUT2D eigenvalue weighted by molar-refractivity contribution is -0.144. The van der Waals surface area contributed by atoms with E-state index in [0.717, 1.165) is 21.4 Å². The minimum Gasteiger partial charge on any atom is -0.497 e. The number of hydrogen-bond donors (Lipinski definition) is 0. The van der Waals surface area contributed by atoms with Crippen molar-refractivity contribution >= 4 is 27.7 Å². The number of Topliss-reactive ketones (excluding diaryl/α,β-unsaturated/α-hetero) is 1. The SMILES string of the molecule is COC(=O)C1CCC(=O)C(Cc2ccc(OC)cc2Br)=C1C. The Morgan fingerprint density at radius 2 is 2.09 bits per heavy atom. The number of carbonyl (C=O) groups excluding carboxylic acids is 2. The summed E-state index contributed by atoms with van der Waals surface area (Å²) in [5, 5.41) is 0. The Balaban J connectivity index is 2.33. The number of allylic oxidation sites excluding steroid dienone is 1. The lowest BCUT2D eigenvalue weighted by atomic mass is 9.80. The monoisotopic (exact) mass is 366 g/mol. The van der Waals surface area contributed by atoms with Crippen molar-refractivity contribution in [3.05, 3.63) is 39.4 Å². The second-order valence-electron chi connectivity index (χ2n) is 5.33.